The van der Waals surface area contributed by atoms with Gasteiger partial charge in [0.1, 0.15) is 22.7 Å². The maximum atomic E-state index is 6.39. The van der Waals surface area contributed by atoms with Gasteiger partial charge in [-0.25, -0.2) is 9.97 Å². The summed E-state index contributed by atoms with van der Waals surface area (Å²) in [7, 11) is 0. The fraction of sp³-hybridized carbons (Fsp3) is 0.0857. The molecule has 0 aliphatic carbocycles. The topological polar surface area (TPSA) is 48.2 Å². The highest BCUT2D eigenvalue weighted by molar-refractivity contribution is 6.06. The van der Waals surface area contributed by atoms with Crippen LogP contribution in [0.25, 0.3) is 55.5 Å². The normalized spacial score (nSPS) is 13.8. The Balaban J connectivity index is 1.37. The number of nitrogens with zero attached hydrogens (tertiary/aromatic N) is 2. The van der Waals surface area contributed by atoms with E-state index in [0.717, 1.165) is 72.3 Å². The molecule has 0 N–H and O–H groups in total. The van der Waals surface area contributed by atoms with Gasteiger partial charge in [-0.2, -0.15) is 0 Å². The Labute approximate surface area is 225 Å². The fourth-order valence-electron chi connectivity index (χ4n) is 6.06. The zero-order valence-corrected chi connectivity index (χ0v) is 21.6. The van der Waals surface area contributed by atoms with Crippen LogP contribution < -0.4 is 4.74 Å². The summed E-state index contributed by atoms with van der Waals surface area (Å²) in [5.41, 5.74) is 7.44. The number of ether oxygens (including phenoxy) is 1. The molecule has 0 fully saturated rings. The fourth-order valence-corrected chi connectivity index (χ4v) is 6.06. The van der Waals surface area contributed by atoms with E-state index in [0.29, 0.717) is 5.82 Å². The minimum absolute atomic E-state index is 0.289. The molecule has 0 spiro atoms. The lowest BCUT2D eigenvalue weighted by atomic mass is 9.73. The van der Waals surface area contributed by atoms with Gasteiger partial charge in [0.15, 0.2) is 5.82 Å². The minimum Gasteiger partial charge on any atom is -0.457 e. The molecule has 0 amide bonds. The average Bonchev–Trinajstić information content (AvgIpc) is 3.34. The summed E-state index contributed by atoms with van der Waals surface area (Å²) in [6.07, 6.45) is 0. The largest absolute Gasteiger partial charge is 0.457 e. The van der Waals surface area contributed by atoms with Gasteiger partial charge in [0.05, 0.1) is 11.2 Å². The standard InChI is InChI=1S/C35H24N2O2/c1-35(2)26-13-5-8-16-29(26)39-30-17-9-12-25(32(30)35)34-36-27-14-6-3-11-24(27)33(37-34)21-18-19-23-22-10-4-7-15-28(22)38-31(23)20-21/h3-20H,1-2H3. The molecule has 186 valence electrons. The van der Waals surface area contributed by atoms with Gasteiger partial charge in [0.2, 0.25) is 0 Å². The van der Waals surface area contributed by atoms with E-state index in [1.165, 1.54) is 0 Å². The molecule has 0 atom stereocenters. The van der Waals surface area contributed by atoms with Crippen molar-refractivity contribution >= 4 is 32.8 Å². The summed E-state index contributed by atoms with van der Waals surface area (Å²) < 4.78 is 12.6. The second kappa shape index (κ2) is 8.02. The van der Waals surface area contributed by atoms with E-state index in [-0.39, 0.29) is 5.41 Å². The zero-order valence-electron chi connectivity index (χ0n) is 21.6. The number of furan rings is 1. The van der Waals surface area contributed by atoms with Crippen LogP contribution in [0.3, 0.4) is 0 Å². The van der Waals surface area contributed by atoms with Crippen LogP contribution in [0, 0.1) is 0 Å². The molecule has 0 radical (unpaired) electrons. The molecule has 8 rings (SSSR count). The molecular weight excluding hydrogens is 480 g/mol. The van der Waals surface area contributed by atoms with Gasteiger partial charge in [0.25, 0.3) is 0 Å². The average molecular weight is 505 g/mol. The molecule has 0 unspecified atom stereocenters. The lowest BCUT2D eigenvalue weighted by molar-refractivity contribution is 0.418. The minimum atomic E-state index is -0.289. The summed E-state index contributed by atoms with van der Waals surface area (Å²) >= 11 is 0. The molecule has 5 aromatic carbocycles. The van der Waals surface area contributed by atoms with Gasteiger partial charge in [0, 0.05) is 43.8 Å². The second-order valence-electron chi connectivity index (χ2n) is 10.6. The van der Waals surface area contributed by atoms with Crippen molar-refractivity contribution in [3.8, 4) is 34.1 Å². The third-order valence-electron chi connectivity index (χ3n) is 7.93. The predicted octanol–water partition coefficient (Wildman–Crippen LogP) is 9.29. The van der Waals surface area contributed by atoms with Crippen LogP contribution in [-0.4, -0.2) is 9.97 Å². The molecule has 39 heavy (non-hydrogen) atoms. The third kappa shape index (κ3) is 3.25. The molecule has 4 nitrogen and oxygen atoms in total. The number of rotatable bonds is 2. The van der Waals surface area contributed by atoms with E-state index in [1.807, 2.05) is 54.6 Å². The van der Waals surface area contributed by atoms with Gasteiger partial charge in [-0.05, 0) is 36.4 Å². The van der Waals surface area contributed by atoms with Crippen LogP contribution in [0.5, 0.6) is 11.5 Å². The third-order valence-corrected chi connectivity index (χ3v) is 7.93. The Bertz CT molecular complexity index is 2090. The highest BCUT2D eigenvalue weighted by Gasteiger charge is 2.37. The van der Waals surface area contributed by atoms with Crippen LogP contribution in [0.2, 0.25) is 0 Å². The van der Waals surface area contributed by atoms with E-state index >= 15 is 0 Å². The quantitative estimate of drug-likeness (QED) is 0.235. The molecule has 1 aliphatic rings. The van der Waals surface area contributed by atoms with Crippen molar-refractivity contribution in [3.63, 3.8) is 0 Å². The molecule has 1 aliphatic heterocycles. The van der Waals surface area contributed by atoms with Crippen molar-refractivity contribution in [2.24, 2.45) is 0 Å². The number of para-hydroxylation sites is 3. The first kappa shape index (κ1) is 22.1. The van der Waals surface area contributed by atoms with Crippen molar-refractivity contribution in [2.75, 3.05) is 0 Å². The smallest absolute Gasteiger partial charge is 0.160 e. The number of hydrogen-bond acceptors (Lipinski definition) is 4. The first-order valence-corrected chi connectivity index (χ1v) is 13.2. The molecule has 2 aromatic heterocycles. The lowest BCUT2D eigenvalue weighted by Gasteiger charge is -2.35. The maximum absolute atomic E-state index is 6.39. The maximum Gasteiger partial charge on any atom is 0.160 e. The van der Waals surface area contributed by atoms with Gasteiger partial charge in [-0.15, -0.1) is 0 Å². The SMILES string of the molecule is CC1(C)c2ccccc2Oc2cccc(-c3nc(-c4ccc5c(c4)oc4ccccc45)c4ccccc4n3)c21. The van der Waals surface area contributed by atoms with Gasteiger partial charge in [-0.3, -0.25) is 0 Å². The predicted molar refractivity (Wildman–Crippen MR) is 156 cm³/mol. The summed E-state index contributed by atoms with van der Waals surface area (Å²) in [5.74, 6) is 2.42. The van der Waals surface area contributed by atoms with Crippen LogP contribution in [-0.2, 0) is 5.41 Å². The van der Waals surface area contributed by atoms with Gasteiger partial charge >= 0.3 is 0 Å². The highest BCUT2D eigenvalue weighted by atomic mass is 16.5. The molecule has 3 heterocycles. The molecule has 0 saturated heterocycles. The molecule has 0 saturated carbocycles. The van der Waals surface area contributed by atoms with Gasteiger partial charge < -0.3 is 9.15 Å². The molecule has 4 heteroatoms. The van der Waals surface area contributed by atoms with E-state index in [4.69, 9.17) is 19.1 Å². The second-order valence-corrected chi connectivity index (χ2v) is 10.6. The van der Waals surface area contributed by atoms with E-state index in [9.17, 15) is 0 Å². The Morgan fingerprint density at radius 2 is 1.36 bits per heavy atom. The van der Waals surface area contributed by atoms with Crippen molar-refractivity contribution in [1.29, 1.82) is 0 Å². The van der Waals surface area contributed by atoms with E-state index < -0.39 is 0 Å². The Morgan fingerprint density at radius 3 is 2.28 bits per heavy atom. The lowest BCUT2D eigenvalue weighted by Crippen LogP contribution is -2.25. The number of benzene rings is 5. The summed E-state index contributed by atoms with van der Waals surface area (Å²) in [6.45, 7) is 4.49. The van der Waals surface area contributed by atoms with Crippen molar-refractivity contribution in [2.45, 2.75) is 19.3 Å². The summed E-state index contributed by atoms with van der Waals surface area (Å²) in [5, 5.41) is 3.22. The van der Waals surface area contributed by atoms with Crippen molar-refractivity contribution in [3.05, 3.63) is 120 Å². The van der Waals surface area contributed by atoms with Crippen molar-refractivity contribution < 1.29 is 9.15 Å². The number of aromatic nitrogens is 2. The monoisotopic (exact) mass is 504 g/mol. The van der Waals surface area contributed by atoms with E-state index in [2.05, 4.69) is 68.4 Å². The summed E-state index contributed by atoms with van der Waals surface area (Å²) in [6, 6.07) is 37.1. The van der Waals surface area contributed by atoms with Crippen molar-refractivity contribution in [1.82, 2.24) is 9.97 Å². The van der Waals surface area contributed by atoms with Crippen LogP contribution in [0.4, 0.5) is 0 Å². The Hall–Kier alpha value is -4.96. The molecule has 7 aromatic rings. The first-order valence-electron chi connectivity index (χ1n) is 13.2. The Kier molecular flexibility index (Phi) is 4.54. The van der Waals surface area contributed by atoms with Crippen LogP contribution >= 0.6 is 0 Å². The van der Waals surface area contributed by atoms with Gasteiger partial charge in [-0.1, -0.05) is 86.6 Å². The van der Waals surface area contributed by atoms with Crippen LogP contribution in [0.15, 0.2) is 114 Å². The summed E-state index contributed by atoms with van der Waals surface area (Å²) in [4.78, 5) is 10.3. The highest BCUT2D eigenvalue weighted by Crippen LogP contribution is 2.51. The molecule has 0 bridgehead atoms. The van der Waals surface area contributed by atoms with E-state index in [1.54, 1.807) is 0 Å². The number of fused-ring (bicyclic) bond motifs is 6. The molecular formula is C35H24N2O2. The first-order chi connectivity index (χ1) is 19.1. The number of hydrogen-bond donors (Lipinski definition) is 0. The Morgan fingerprint density at radius 1 is 0.615 bits per heavy atom. The zero-order chi connectivity index (χ0) is 26.1. The van der Waals surface area contributed by atoms with Crippen LogP contribution in [0.1, 0.15) is 25.0 Å².